The highest BCUT2D eigenvalue weighted by molar-refractivity contribution is 6.31. The van der Waals surface area contributed by atoms with E-state index in [2.05, 4.69) is 4.98 Å². The fourth-order valence-electron chi connectivity index (χ4n) is 4.80. The zero-order valence-electron chi connectivity index (χ0n) is 19.7. The van der Waals surface area contributed by atoms with Gasteiger partial charge in [-0.3, -0.25) is 9.59 Å². The van der Waals surface area contributed by atoms with Crippen LogP contribution in [-0.4, -0.2) is 40.3 Å². The lowest BCUT2D eigenvalue weighted by molar-refractivity contribution is -0.129. The summed E-state index contributed by atoms with van der Waals surface area (Å²) in [5, 5.41) is 12.3. The minimum absolute atomic E-state index is 0.0740. The average molecular weight is 501 g/mol. The molecule has 5 rings (SSSR count). The van der Waals surface area contributed by atoms with Crippen LogP contribution in [0.1, 0.15) is 22.7 Å². The summed E-state index contributed by atoms with van der Waals surface area (Å²) in [5.41, 5.74) is 3.45. The van der Waals surface area contributed by atoms with Crippen LogP contribution >= 0.6 is 11.6 Å². The van der Waals surface area contributed by atoms with Gasteiger partial charge in [0.05, 0.1) is 18.7 Å². The van der Waals surface area contributed by atoms with Crippen LogP contribution < -0.4 is 4.74 Å². The number of methoxy groups -OCH3 is 1. The predicted molar refractivity (Wildman–Crippen MR) is 139 cm³/mol. The molecule has 7 heteroatoms. The number of hydrogen-bond acceptors (Lipinski definition) is 4. The van der Waals surface area contributed by atoms with E-state index in [4.69, 9.17) is 16.3 Å². The van der Waals surface area contributed by atoms with Crippen molar-refractivity contribution in [3.63, 3.8) is 0 Å². The summed E-state index contributed by atoms with van der Waals surface area (Å²) in [6.07, 6.45) is 2.49. The second-order valence-corrected chi connectivity index (χ2v) is 9.15. The van der Waals surface area contributed by atoms with Crippen LogP contribution in [0.15, 0.2) is 90.3 Å². The molecule has 0 fully saturated rings. The molecule has 0 radical (unpaired) electrons. The third-order valence-corrected chi connectivity index (χ3v) is 6.95. The van der Waals surface area contributed by atoms with E-state index in [0.29, 0.717) is 17.0 Å². The number of Topliss-reactive ketones (excluding diaryl/α,β-unsaturated/α-hetero) is 1. The number of fused-ring (bicyclic) bond motifs is 1. The van der Waals surface area contributed by atoms with E-state index < -0.39 is 17.7 Å². The lowest BCUT2D eigenvalue weighted by Crippen LogP contribution is -2.33. The van der Waals surface area contributed by atoms with Crippen molar-refractivity contribution in [2.45, 2.75) is 18.9 Å². The SMILES string of the molecule is COc1ccc2[nH]cc(CCN3C(=O)C(O)=C(C(=O)Cc4ccccc4)[C@@H]3c3ccccc3Cl)c2c1. The van der Waals surface area contributed by atoms with Crippen molar-refractivity contribution in [3.05, 3.63) is 112 Å². The number of carbonyl (C=O) groups is 2. The standard InChI is InChI=1S/C29H25ClN2O4/c1-36-20-11-12-24-22(16-20)19(17-31-24)13-14-32-27(21-9-5-6-10-23(21)30)26(28(34)29(32)35)25(33)15-18-7-3-2-4-8-18/h2-12,16-17,27,31,34H,13-15H2,1H3/t27-/m0/s1. The van der Waals surface area contributed by atoms with Crippen molar-refractivity contribution in [1.82, 2.24) is 9.88 Å². The highest BCUT2D eigenvalue weighted by Gasteiger charge is 2.43. The molecule has 1 aliphatic rings. The number of benzene rings is 3. The second-order valence-electron chi connectivity index (χ2n) is 8.75. The number of ketones is 1. The molecule has 4 aromatic rings. The van der Waals surface area contributed by atoms with Gasteiger partial charge in [0.1, 0.15) is 5.75 Å². The number of nitrogens with one attached hydrogen (secondary N) is 1. The maximum atomic E-state index is 13.4. The Bertz CT molecular complexity index is 1480. The molecule has 0 bridgehead atoms. The molecule has 0 unspecified atom stereocenters. The molecular weight excluding hydrogens is 476 g/mol. The number of aromatic nitrogens is 1. The average Bonchev–Trinajstić information content (AvgIpc) is 3.41. The van der Waals surface area contributed by atoms with Crippen molar-refractivity contribution in [1.29, 1.82) is 0 Å². The number of carbonyl (C=O) groups excluding carboxylic acids is 2. The first-order valence-corrected chi connectivity index (χ1v) is 12.1. The molecule has 0 spiro atoms. The van der Waals surface area contributed by atoms with Gasteiger partial charge >= 0.3 is 0 Å². The fourth-order valence-corrected chi connectivity index (χ4v) is 5.04. The molecule has 2 N–H and O–H groups in total. The van der Waals surface area contributed by atoms with Gasteiger partial charge in [0.25, 0.3) is 5.91 Å². The van der Waals surface area contributed by atoms with E-state index in [1.165, 1.54) is 4.90 Å². The topological polar surface area (TPSA) is 82.6 Å². The Morgan fingerprint density at radius 3 is 2.58 bits per heavy atom. The third kappa shape index (κ3) is 4.36. The van der Waals surface area contributed by atoms with Gasteiger partial charge in [-0.15, -0.1) is 0 Å². The molecular formula is C29H25ClN2O4. The van der Waals surface area contributed by atoms with Crippen molar-refractivity contribution in [2.24, 2.45) is 0 Å². The number of aliphatic hydroxyl groups excluding tert-OH is 1. The van der Waals surface area contributed by atoms with Gasteiger partial charge in [-0.1, -0.05) is 60.1 Å². The zero-order valence-corrected chi connectivity index (χ0v) is 20.5. The van der Waals surface area contributed by atoms with Crippen molar-refractivity contribution in [2.75, 3.05) is 13.7 Å². The quantitative estimate of drug-likeness (QED) is 0.331. The number of aliphatic hydroxyl groups is 1. The van der Waals surface area contributed by atoms with Crippen LogP contribution in [0.4, 0.5) is 0 Å². The second kappa shape index (κ2) is 9.91. The van der Waals surface area contributed by atoms with Gasteiger partial charge in [0.2, 0.25) is 0 Å². The smallest absolute Gasteiger partial charge is 0.290 e. The summed E-state index contributed by atoms with van der Waals surface area (Å²) in [6.45, 7) is 0.283. The molecule has 3 aromatic carbocycles. The minimum Gasteiger partial charge on any atom is -0.503 e. The Balaban J connectivity index is 1.48. The van der Waals surface area contributed by atoms with E-state index in [-0.39, 0.29) is 24.3 Å². The number of ether oxygens (including phenoxy) is 1. The largest absolute Gasteiger partial charge is 0.503 e. The predicted octanol–water partition coefficient (Wildman–Crippen LogP) is 5.58. The summed E-state index contributed by atoms with van der Waals surface area (Å²) in [7, 11) is 1.62. The molecule has 36 heavy (non-hydrogen) atoms. The van der Waals surface area contributed by atoms with Gasteiger partial charge in [-0.05, 0) is 47.4 Å². The number of halogens is 1. The van der Waals surface area contributed by atoms with E-state index in [0.717, 1.165) is 27.8 Å². The van der Waals surface area contributed by atoms with E-state index in [1.807, 2.05) is 60.8 Å². The van der Waals surface area contributed by atoms with Crippen molar-refractivity contribution in [3.8, 4) is 5.75 Å². The van der Waals surface area contributed by atoms with Crippen molar-refractivity contribution < 1.29 is 19.4 Å². The van der Waals surface area contributed by atoms with Gasteiger partial charge in [0.15, 0.2) is 11.5 Å². The maximum Gasteiger partial charge on any atom is 0.290 e. The van der Waals surface area contributed by atoms with Crippen LogP contribution in [0.5, 0.6) is 5.75 Å². The highest BCUT2D eigenvalue weighted by Crippen LogP contribution is 2.41. The normalized spacial score (nSPS) is 15.7. The summed E-state index contributed by atoms with van der Waals surface area (Å²) in [4.78, 5) is 31.5. The third-order valence-electron chi connectivity index (χ3n) is 6.61. The number of H-pyrrole nitrogens is 1. The molecule has 1 aromatic heterocycles. The Morgan fingerprint density at radius 2 is 1.83 bits per heavy atom. The highest BCUT2D eigenvalue weighted by atomic mass is 35.5. The number of amides is 1. The Morgan fingerprint density at radius 1 is 1.08 bits per heavy atom. The molecule has 2 heterocycles. The first-order valence-electron chi connectivity index (χ1n) is 11.7. The summed E-state index contributed by atoms with van der Waals surface area (Å²) < 4.78 is 5.36. The Hall–Kier alpha value is -4.03. The summed E-state index contributed by atoms with van der Waals surface area (Å²) in [6, 6.07) is 21.4. The molecule has 1 aliphatic heterocycles. The molecule has 1 amide bonds. The first kappa shape index (κ1) is 23.7. The molecule has 6 nitrogen and oxygen atoms in total. The molecule has 1 atom stereocenters. The van der Waals surface area contributed by atoms with E-state index in [9.17, 15) is 14.7 Å². The van der Waals surface area contributed by atoms with Crippen LogP contribution in [0.25, 0.3) is 10.9 Å². The lowest BCUT2D eigenvalue weighted by atomic mass is 9.93. The molecule has 0 aliphatic carbocycles. The Kier molecular flexibility index (Phi) is 6.53. The number of rotatable bonds is 8. The van der Waals surface area contributed by atoms with Gasteiger partial charge in [-0.2, -0.15) is 0 Å². The van der Waals surface area contributed by atoms with Crippen LogP contribution in [0, 0.1) is 0 Å². The van der Waals surface area contributed by atoms with Crippen molar-refractivity contribution >= 4 is 34.2 Å². The Labute approximate surface area is 213 Å². The lowest BCUT2D eigenvalue weighted by Gasteiger charge is -2.27. The molecule has 0 saturated heterocycles. The van der Waals surface area contributed by atoms with E-state index in [1.54, 1.807) is 25.3 Å². The maximum absolute atomic E-state index is 13.4. The van der Waals surface area contributed by atoms with Gasteiger partial charge in [0, 0.05) is 35.1 Å². The fraction of sp³-hybridized carbons (Fsp3) is 0.172. The molecule has 182 valence electrons. The van der Waals surface area contributed by atoms with Crippen LogP contribution in [0.3, 0.4) is 0 Å². The monoisotopic (exact) mass is 500 g/mol. The number of hydrogen-bond donors (Lipinski definition) is 2. The summed E-state index contributed by atoms with van der Waals surface area (Å²) in [5.74, 6) is -0.658. The number of nitrogens with zero attached hydrogens (tertiary/aromatic N) is 1. The summed E-state index contributed by atoms with van der Waals surface area (Å²) >= 11 is 6.53. The van der Waals surface area contributed by atoms with Crippen LogP contribution in [0.2, 0.25) is 5.02 Å². The number of aromatic amines is 1. The first-order chi connectivity index (χ1) is 17.5. The van der Waals surface area contributed by atoms with E-state index >= 15 is 0 Å². The zero-order chi connectivity index (χ0) is 25.2. The molecule has 0 saturated carbocycles. The minimum atomic E-state index is -0.776. The van der Waals surface area contributed by atoms with Gasteiger partial charge in [-0.25, -0.2) is 0 Å². The van der Waals surface area contributed by atoms with Crippen LogP contribution in [-0.2, 0) is 22.4 Å². The van der Waals surface area contributed by atoms with Gasteiger partial charge < -0.3 is 19.7 Å².